The van der Waals surface area contributed by atoms with E-state index in [0.717, 1.165) is 23.5 Å². The van der Waals surface area contributed by atoms with Crippen molar-refractivity contribution in [2.45, 2.75) is 23.2 Å². The number of hydrogen-bond donors (Lipinski definition) is 1. The van der Waals surface area contributed by atoms with Crippen LogP contribution in [0.5, 0.6) is 0 Å². The zero-order valence-corrected chi connectivity index (χ0v) is 10.7. The van der Waals surface area contributed by atoms with E-state index in [1.54, 1.807) is 19.2 Å². The van der Waals surface area contributed by atoms with Crippen molar-refractivity contribution < 1.29 is 13.2 Å². The van der Waals surface area contributed by atoms with Crippen LogP contribution in [-0.4, -0.2) is 9.97 Å². The van der Waals surface area contributed by atoms with E-state index < -0.39 is 11.7 Å². The van der Waals surface area contributed by atoms with E-state index in [1.165, 1.54) is 12.1 Å². The van der Waals surface area contributed by atoms with Gasteiger partial charge in [0.05, 0.1) is 5.56 Å². The fraction of sp³-hybridized carbons (Fsp3) is 0.167. The first-order chi connectivity index (χ1) is 8.86. The number of alkyl halides is 3. The van der Waals surface area contributed by atoms with Crippen LogP contribution < -0.4 is 5.73 Å². The Labute approximate surface area is 112 Å². The van der Waals surface area contributed by atoms with E-state index in [1.807, 2.05) is 0 Å². The Hall–Kier alpha value is -1.76. The summed E-state index contributed by atoms with van der Waals surface area (Å²) < 4.78 is 38.1. The Balaban J connectivity index is 2.32. The Kier molecular flexibility index (Phi) is 3.66. The monoisotopic (exact) mass is 285 g/mol. The minimum atomic E-state index is -4.46. The number of nitrogens with two attached hydrogens (primary N) is 1. The summed E-state index contributed by atoms with van der Waals surface area (Å²) >= 11 is 1.06. The zero-order chi connectivity index (χ0) is 14.0. The molecule has 1 heterocycles. The van der Waals surface area contributed by atoms with Gasteiger partial charge >= 0.3 is 6.18 Å². The molecule has 0 saturated heterocycles. The van der Waals surface area contributed by atoms with Crippen LogP contribution in [-0.2, 0) is 6.18 Å². The molecule has 0 fully saturated rings. The van der Waals surface area contributed by atoms with Crippen LogP contribution in [0.3, 0.4) is 0 Å². The highest BCUT2D eigenvalue weighted by Crippen LogP contribution is 2.37. The van der Waals surface area contributed by atoms with Gasteiger partial charge in [0, 0.05) is 22.5 Å². The van der Waals surface area contributed by atoms with Gasteiger partial charge in [-0.3, -0.25) is 0 Å². The van der Waals surface area contributed by atoms with Gasteiger partial charge in [-0.15, -0.1) is 0 Å². The standard InChI is InChI=1S/C12H10F3N3S/c1-7-4-5-17-11(18-7)19-8-2-3-10(16)9(6-8)12(13,14)15/h2-6H,16H2,1H3. The molecule has 0 atom stereocenters. The number of benzene rings is 1. The molecular formula is C12H10F3N3S. The minimum absolute atomic E-state index is 0.290. The second kappa shape index (κ2) is 5.08. The zero-order valence-electron chi connectivity index (χ0n) is 9.90. The third-order valence-electron chi connectivity index (χ3n) is 2.31. The molecule has 0 radical (unpaired) electrons. The van der Waals surface area contributed by atoms with Crippen molar-refractivity contribution in [1.29, 1.82) is 0 Å². The maximum Gasteiger partial charge on any atom is 0.418 e. The second-order valence-electron chi connectivity index (χ2n) is 3.83. The molecule has 100 valence electrons. The largest absolute Gasteiger partial charge is 0.418 e. The number of anilines is 1. The lowest BCUT2D eigenvalue weighted by Gasteiger charge is -2.11. The van der Waals surface area contributed by atoms with Crippen LogP contribution in [0.2, 0.25) is 0 Å². The van der Waals surface area contributed by atoms with E-state index >= 15 is 0 Å². The van der Waals surface area contributed by atoms with Gasteiger partial charge in [0.25, 0.3) is 0 Å². The highest BCUT2D eigenvalue weighted by atomic mass is 32.2. The smallest absolute Gasteiger partial charge is 0.398 e. The average molecular weight is 285 g/mol. The summed E-state index contributed by atoms with van der Waals surface area (Å²) in [5, 5.41) is 0.401. The SMILES string of the molecule is Cc1ccnc(Sc2ccc(N)c(C(F)(F)F)c2)n1. The topological polar surface area (TPSA) is 51.8 Å². The first-order valence-electron chi connectivity index (χ1n) is 5.30. The number of nitrogen functional groups attached to an aromatic ring is 1. The molecule has 0 aliphatic heterocycles. The first kappa shape index (κ1) is 13.7. The maximum absolute atomic E-state index is 12.7. The molecule has 0 saturated carbocycles. The predicted octanol–water partition coefficient (Wildman–Crippen LogP) is 3.54. The second-order valence-corrected chi connectivity index (χ2v) is 4.87. The lowest BCUT2D eigenvalue weighted by molar-refractivity contribution is -0.137. The van der Waals surface area contributed by atoms with E-state index in [9.17, 15) is 13.2 Å². The van der Waals surface area contributed by atoms with Crippen molar-refractivity contribution in [3.05, 3.63) is 41.7 Å². The molecule has 0 bridgehead atoms. The van der Waals surface area contributed by atoms with Crippen LogP contribution in [0.4, 0.5) is 18.9 Å². The molecule has 7 heteroatoms. The Bertz CT molecular complexity index is 599. The fourth-order valence-electron chi connectivity index (χ4n) is 1.42. The van der Waals surface area contributed by atoms with Crippen molar-refractivity contribution in [3.63, 3.8) is 0 Å². The first-order valence-corrected chi connectivity index (χ1v) is 6.12. The van der Waals surface area contributed by atoms with Crippen LogP contribution >= 0.6 is 11.8 Å². The molecule has 0 aliphatic carbocycles. The highest BCUT2D eigenvalue weighted by Gasteiger charge is 2.33. The van der Waals surface area contributed by atoms with Crippen molar-refractivity contribution in [3.8, 4) is 0 Å². The summed E-state index contributed by atoms with van der Waals surface area (Å²) in [7, 11) is 0. The lowest BCUT2D eigenvalue weighted by Crippen LogP contribution is -2.08. The molecule has 3 nitrogen and oxygen atoms in total. The van der Waals surface area contributed by atoms with Crippen molar-refractivity contribution in [1.82, 2.24) is 9.97 Å². The van der Waals surface area contributed by atoms with Gasteiger partial charge < -0.3 is 5.73 Å². The summed E-state index contributed by atoms with van der Waals surface area (Å²) in [4.78, 5) is 8.51. The minimum Gasteiger partial charge on any atom is -0.398 e. The van der Waals surface area contributed by atoms with E-state index in [0.29, 0.717) is 10.1 Å². The Morgan fingerprint density at radius 3 is 2.58 bits per heavy atom. The molecule has 1 aromatic heterocycles. The average Bonchev–Trinajstić information content (AvgIpc) is 2.30. The van der Waals surface area contributed by atoms with E-state index in [-0.39, 0.29) is 5.69 Å². The maximum atomic E-state index is 12.7. The van der Waals surface area contributed by atoms with Crippen LogP contribution in [0.25, 0.3) is 0 Å². The molecule has 19 heavy (non-hydrogen) atoms. The molecule has 0 aliphatic rings. The van der Waals surface area contributed by atoms with Crippen LogP contribution in [0.1, 0.15) is 11.3 Å². The van der Waals surface area contributed by atoms with E-state index in [2.05, 4.69) is 9.97 Å². The number of hydrogen-bond acceptors (Lipinski definition) is 4. The van der Waals surface area contributed by atoms with Gasteiger partial charge in [-0.05, 0) is 43.0 Å². The highest BCUT2D eigenvalue weighted by molar-refractivity contribution is 7.99. The molecule has 2 aromatic rings. The summed E-state index contributed by atoms with van der Waals surface area (Å²) in [6, 6.07) is 5.47. The molecule has 0 amide bonds. The summed E-state index contributed by atoms with van der Waals surface area (Å²) in [6.45, 7) is 1.79. The van der Waals surface area contributed by atoms with Gasteiger partial charge in [-0.2, -0.15) is 13.2 Å². The van der Waals surface area contributed by atoms with Gasteiger partial charge in [-0.1, -0.05) is 0 Å². The van der Waals surface area contributed by atoms with Gasteiger partial charge in [0.15, 0.2) is 5.16 Å². The third kappa shape index (κ3) is 3.37. The van der Waals surface area contributed by atoms with Gasteiger partial charge in [-0.25, -0.2) is 9.97 Å². The molecular weight excluding hydrogens is 275 g/mol. The van der Waals surface area contributed by atoms with E-state index in [4.69, 9.17) is 5.73 Å². The van der Waals surface area contributed by atoms with Crippen molar-refractivity contribution in [2.24, 2.45) is 0 Å². The number of rotatable bonds is 2. The van der Waals surface area contributed by atoms with Gasteiger partial charge in [0.1, 0.15) is 0 Å². The number of aromatic nitrogens is 2. The van der Waals surface area contributed by atoms with Crippen molar-refractivity contribution in [2.75, 3.05) is 5.73 Å². The lowest BCUT2D eigenvalue weighted by atomic mass is 10.2. The number of aryl methyl sites for hydroxylation is 1. The summed E-state index contributed by atoms with van der Waals surface area (Å²) in [5.74, 6) is 0. The number of nitrogens with zero attached hydrogens (tertiary/aromatic N) is 2. The summed E-state index contributed by atoms with van der Waals surface area (Å²) in [5.41, 5.74) is 4.95. The van der Waals surface area contributed by atoms with Gasteiger partial charge in [0.2, 0.25) is 0 Å². The van der Waals surface area contributed by atoms with Crippen LogP contribution in [0, 0.1) is 6.92 Å². The van der Waals surface area contributed by atoms with Crippen LogP contribution in [0.15, 0.2) is 40.5 Å². The predicted molar refractivity (Wildman–Crippen MR) is 66.7 cm³/mol. The molecule has 2 N–H and O–H groups in total. The quantitative estimate of drug-likeness (QED) is 0.677. The normalized spacial score (nSPS) is 11.6. The third-order valence-corrected chi connectivity index (χ3v) is 3.18. The Morgan fingerprint density at radius 2 is 1.95 bits per heavy atom. The molecule has 1 aromatic carbocycles. The van der Waals surface area contributed by atoms with Crippen molar-refractivity contribution >= 4 is 17.4 Å². The molecule has 0 spiro atoms. The molecule has 0 unspecified atom stereocenters. The number of halogens is 3. The Morgan fingerprint density at radius 1 is 1.21 bits per heavy atom. The summed E-state index contributed by atoms with van der Waals surface area (Å²) in [6.07, 6.45) is -2.90. The molecule has 2 rings (SSSR count). The fourth-order valence-corrected chi connectivity index (χ4v) is 2.25.